The Morgan fingerprint density at radius 3 is 2.60 bits per heavy atom. The zero-order valence-corrected chi connectivity index (χ0v) is 9.52. The molecule has 0 aliphatic heterocycles. The summed E-state index contributed by atoms with van der Waals surface area (Å²) in [4.78, 5) is 15.0. The summed E-state index contributed by atoms with van der Waals surface area (Å²) in [6, 6.07) is 0. The van der Waals surface area contributed by atoms with Crippen LogP contribution >= 0.6 is 11.6 Å². The van der Waals surface area contributed by atoms with Gasteiger partial charge >= 0.3 is 0 Å². The van der Waals surface area contributed by atoms with Crippen LogP contribution in [0.2, 0.25) is 5.02 Å². The van der Waals surface area contributed by atoms with Crippen molar-refractivity contribution in [3.8, 4) is 0 Å². The maximum atomic E-state index is 13.8. The highest BCUT2D eigenvalue weighted by Crippen LogP contribution is 2.27. The van der Waals surface area contributed by atoms with E-state index in [1.54, 1.807) is 0 Å². The first kappa shape index (κ1) is 11.9. The van der Waals surface area contributed by atoms with Crippen LogP contribution < -0.4 is 5.73 Å². The molecular formula is C10H12ClFN2O. The summed E-state index contributed by atoms with van der Waals surface area (Å²) >= 11 is 5.70. The summed E-state index contributed by atoms with van der Waals surface area (Å²) in [6.07, 6.45) is 1.32. The van der Waals surface area contributed by atoms with E-state index in [1.165, 1.54) is 27.0 Å². The number of hydrogen-bond acceptors (Lipinski definition) is 2. The van der Waals surface area contributed by atoms with Crippen molar-refractivity contribution in [2.45, 2.75) is 26.2 Å². The van der Waals surface area contributed by atoms with E-state index >= 15 is 0 Å². The molecule has 1 aromatic rings. The van der Waals surface area contributed by atoms with E-state index in [-0.39, 0.29) is 16.3 Å². The topological polar surface area (TPSA) is 56.0 Å². The minimum Gasteiger partial charge on any atom is -0.369 e. The summed E-state index contributed by atoms with van der Waals surface area (Å²) in [5, 5.41) is 0.233. The summed E-state index contributed by atoms with van der Waals surface area (Å²) < 4.78 is 13.8. The largest absolute Gasteiger partial charge is 0.369 e. The first-order chi connectivity index (χ1) is 6.78. The fourth-order valence-electron chi connectivity index (χ4n) is 1.11. The molecule has 82 valence electrons. The third kappa shape index (κ3) is 1.95. The van der Waals surface area contributed by atoms with Gasteiger partial charge in [-0.2, -0.15) is 0 Å². The average Bonchev–Trinajstić information content (AvgIpc) is 2.13. The van der Waals surface area contributed by atoms with Crippen molar-refractivity contribution in [3.63, 3.8) is 0 Å². The molecule has 0 aliphatic carbocycles. The fourth-order valence-corrected chi connectivity index (χ4v) is 1.24. The van der Waals surface area contributed by atoms with E-state index in [0.717, 1.165) is 0 Å². The van der Waals surface area contributed by atoms with Crippen molar-refractivity contribution < 1.29 is 9.18 Å². The first-order valence-electron chi connectivity index (χ1n) is 4.39. The number of carbonyl (C=O) groups is 1. The van der Waals surface area contributed by atoms with Crippen molar-refractivity contribution in [2.75, 3.05) is 0 Å². The van der Waals surface area contributed by atoms with Crippen molar-refractivity contribution in [1.82, 2.24) is 4.98 Å². The van der Waals surface area contributed by atoms with E-state index in [2.05, 4.69) is 4.98 Å². The zero-order valence-electron chi connectivity index (χ0n) is 8.77. The molecule has 1 amide bonds. The second-order valence-electron chi connectivity index (χ2n) is 3.88. The van der Waals surface area contributed by atoms with Gasteiger partial charge in [0, 0.05) is 11.8 Å². The maximum absolute atomic E-state index is 13.8. The number of halogens is 2. The molecule has 0 bridgehead atoms. The van der Waals surface area contributed by atoms with Crippen molar-refractivity contribution in [2.24, 2.45) is 5.73 Å². The van der Waals surface area contributed by atoms with Gasteiger partial charge in [-0.3, -0.25) is 9.78 Å². The normalized spacial score (nSPS) is 11.5. The van der Waals surface area contributed by atoms with Crippen LogP contribution in [0, 0.1) is 12.7 Å². The van der Waals surface area contributed by atoms with E-state index in [1.807, 2.05) is 0 Å². The molecule has 1 aromatic heterocycles. The molecule has 0 fully saturated rings. The highest BCUT2D eigenvalue weighted by molar-refractivity contribution is 6.31. The monoisotopic (exact) mass is 230 g/mol. The molecule has 0 aromatic carbocycles. The first-order valence-corrected chi connectivity index (χ1v) is 4.77. The van der Waals surface area contributed by atoms with Crippen LogP contribution in [0.5, 0.6) is 0 Å². The molecule has 1 heterocycles. The zero-order chi connectivity index (χ0) is 11.8. The molecule has 3 nitrogen and oxygen atoms in total. The lowest BCUT2D eigenvalue weighted by Gasteiger charge is -2.21. The molecule has 0 saturated heterocycles. The number of aromatic nitrogens is 1. The molecule has 0 aliphatic rings. The highest BCUT2D eigenvalue weighted by atomic mass is 35.5. The lowest BCUT2D eigenvalue weighted by molar-refractivity contribution is -0.122. The van der Waals surface area contributed by atoms with Crippen LogP contribution in [-0.2, 0) is 10.2 Å². The second kappa shape index (κ2) is 3.77. The molecule has 0 spiro atoms. The molecule has 0 unspecified atom stereocenters. The Kier molecular flexibility index (Phi) is 3.00. The Balaban J connectivity index is 3.40. The van der Waals surface area contributed by atoms with E-state index in [0.29, 0.717) is 0 Å². The Hall–Kier alpha value is -1.16. The minimum atomic E-state index is -1.14. The summed E-state index contributed by atoms with van der Waals surface area (Å²) in [7, 11) is 0. The lowest BCUT2D eigenvalue weighted by Crippen LogP contribution is -2.37. The van der Waals surface area contributed by atoms with Gasteiger partial charge in [-0.15, -0.1) is 0 Å². The van der Waals surface area contributed by atoms with E-state index in [9.17, 15) is 9.18 Å². The van der Waals surface area contributed by atoms with Crippen LogP contribution in [0.1, 0.15) is 25.1 Å². The van der Waals surface area contributed by atoms with Gasteiger partial charge in [-0.25, -0.2) is 4.39 Å². The molecule has 0 saturated carbocycles. The molecule has 5 heteroatoms. The average molecular weight is 231 g/mol. The van der Waals surface area contributed by atoms with Gasteiger partial charge in [0.05, 0.1) is 16.1 Å². The number of carbonyl (C=O) groups excluding carboxylic acids is 1. The van der Waals surface area contributed by atoms with Crippen LogP contribution in [0.15, 0.2) is 6.20 Å². The summed E-state index contributed by atoms with van der Waals surface area (Å²) in [5.74, 6) is -1.21. The van der Waals surface area contributed by atoms with Gasteiger partial charge in [0.25, 0.3) is 0 Å². The number of amides is 1. The maximum Gasteiger partial charge on any atom is 0.229 e. The van der Waals surface area contributed by atoms with Gasteiger partial charge in [-0.1, -0.05) is 11.6 Å². The Morgan fingerprint density at radius 1 is 1.60 bits per heavy atom. The molecule has 0 radical (unpaired) electrons. The van der Waals surface area contributed by atoms with Crippen molar-refractivity contribution >= 4 is 17.5 Å². The highest BCUT2D eigenvalue weighted by Gasteiger charge is 2.32. The SMILES string of the molecule is Cc1c(Cl)cnc(C(C)(C)C(N)=O)c1F. The Morgan fingerprint density at radius 2 is 2.13 bits per heavy atom. The second-order valence-corrected chi connectivity index (χ2v) is 4.29. The number of hydrogen-bond donors (Lipinski definition) is 1. The smallest absolute Gasteiger partial charge is 0.229 e. The third-order valence-corrected chi connectivity index (χ3v) is 2.79. The number of pyridine rings is 1. The number of rotatable bonds is 2. The van der Waals surface area contributed by atoms with Crippen molar-refractivity contribution in [1.29, 1.82) is 0 Å². The summed E-state index contributed by atoms with van der Waals surface area (Å²) in [5.41, 5.74) is 4.34. The molecule has 1 rings (SSSR count). The van der Waals surface area contributed by atoms with Crippen LogP contribution in [0.4, 0.5) is 4.39 Å². The van der Waals surface area contributed by atoms with Gasteiger partial charge in [0.15, 0.2) is 0 Å². The number of primary amides is 1. The van der Waals surface area contributed by atoms with Crippen molar-refractivity contribution in [3.05, 3.63) is 28.3 Å². The van der Waals surface area contributed by atoms with E-state index < -0.39 is 17.1 Å². The third-order valence-electron chi connectivity index (χ3n) is 2.41. The predicted molar refractivity (Wildman–Crippen MR) is 56.2 cm³/mol. The van der Waals surface area contributed by atoms with Gasteiger partial charge < -0.3 is 5.73 Å². The molecular weight excluding hydrogens is 219 g/mol. The molecule has 2 N–H and O–H groups in total. The minimum absolute atomic E-state index is 0.0249. The molecule has 0 atom stereocenters. The fraction of sp³-hybridized carbons (Fsp3) is 0.400. The van der Waals surface area contributed by atoms with E-state index in [4.69, 9.17) is 17.3 Å². The summed E-state index contributed by atoms with van der Waals surface area (Å²) in [6.45, 7) is 4.57. The lowest BCUT2D eigenvalue weighted by atomic mass is 9.87. The van der Waals surface area contributed by atoms with Crippen LogP contribution in [-0.4, -0.2) is 10.9 Å². The Labute approximate surface area is 92.4 Å². The standard InChI is InChI=1S/C10H12ClFN2O/c1-5-6(11)4-14-8(7(5)12)10(2,3)9(13)15/h4H,1-3H3,(H2,13,15). The Bertz CT molecular complexity index is 418. The van der Waals surface area contributed by atoms with Crippen LogP contribution in [0.3, 0.4) is 0 Å². The number of nitrogens with two attached hydrogens (primary N) is 1. The van der Waals surface area contributed by atoms with Gasteiger partial charge in [-0.05, 0) is 20.8 Å². The number of nitrogens with zero attached hydrogens (tertiary/aromatic N) is 1. The van der Waals surface area contributed by atoms with Gasteiger partial charge in [0.2, 0.25) is 5.91 Å². The quantitative estimate of drug-likeness (QED) is 0.844. The molecule has 15 heavy (non-hydrogen) atoms. The van der Waals surface area contributed by atoms with Crippen LogP contribution in [0.25, 0.3) is 0 Å². The van der Waals surface area contributed by atoms with Gasteiger partial charge in [0.1, 0.15) is 5.82 Å². The predicted octanol–water partition coefficient (Wildman–Crippen LogP) is 1.95.